The smallest absolute Gasteiger partial charge is 0.411 e. The summed E-state index contributed by atoms with van der Waals surface area (Å²) in [6.45, 7) is 10.0. The van der Waals surface area contributed by atoms with Crippen LogP contribution in [0.15, 0.2) is 18.2 Å². The second kappa shape index (κ2) is 7.06. The maximum absolute atomic E-state index is 12.7. The van der Waals surface area contributed by atoms with E-state index in [0.29, 0.717) is 19.4 Å². The number of carbonyl (C=O) groups excluding carboxylic acids is 2. The van der Waals surface area contributed by atoms with Gasteiger partial charge in [-0.15, -0.1) is 0 Å². The Morgan fingerprint density at radius 3 is 2.28 bits per heavy atom. The van der Waals surface area contributed by atoms with Crippen LogP contribution in [0.3, 0.4) is 0 Å². The molecule has 25 heavy (non-hydrogen) atoms. The van der Waals surface area contributed by atoms with Gasteiger partial charge < -0.3 is 9.47 Å². The van der Waals surface area contributed by atoms with Crippen molar-refractivity contribution in [2.24, 2.45) is 0 Å². The van der Waals surface area contributed by atoms with Crippen molar-refractivity contribution in [2.45, 2.75) is 65.0 Å². The van der Waals surface area contributed by atoms with E-state index < -0.39 is 17.2 Å². The van der Waals surface area contributed by atoms with Gasteiger partial charge in [0.05, 0.1) is 7.11 Å². The second-order valence-electron chi connectivity index (χ2n) is 7.93. The van der Waals surface area contributed by atoms with Crippen LogP contribution in [0, 0.1) is 13.8 Å². The number of carbonyl (C=O) groups is 2. The zero-order valence-electron chi connectivity index (χ0n) is 16.1. The van der Waals surface area contributed by atoms with Crippen LogP contribution >= 0.6 is 0 Å². The lowest BCUT2D eigenvalue weighted by molar-refractivity contribution is -0.153. The molecule has 5 heteroatoms. The lowest BCUT2D eigenvalue weighted by Gasteiger charge is -2.37. The number of methoxy groups -OCH3 is 1. The molecule has 1 fully saturated rings. The van der Waals surface area contributed by atoms with Crippen molar-refractivity contribution in [3.05, 3.63) is 34.9 Å². The number of amides is 1. The molecule has 1 heterocycles. The van der Waals surface area contributed by atoms with E-state index >= 15 is 0 Å². The van der Waals surface area contributed by atoms with Crippen LogP contribution in [0.25, 0.3) is 0 Å². The molecule has 0 N–H and O–H groups in total. The van der Waals surface area contributed by atoms with E-state index in [1.165, 1.54) is 7.11 Å². The summed E-state index contributed by atoms with van der Waals surface area (Å²) in [6, 6.07) is 6.21. The first-order valence-corrected chi connectivity index (χ1v) is 8.74. The molecular formula is C20H29NO4. The average molecular weight is 347 g/mol. The Hall–Kier alpha value is -2.04. The van der Waals surface area contributed by atoms with Gasteiger partial charge in [0.1, 0.15) is 11.1 Å². The first-order valence-electron chi connectivity index (χ1n) is 8.74. The number of rotatable bonds is 3. The zero-order valence-corrected chi connectivity index (χ0v) is 16.1. The average Bonchev–Trinajstić information content (AvgIpc) is 2.88. The molecule has 1 atom stereocenters. The van der Waals surface area contributed by atoms with Crippen molar-refractivity contribution in [3.63, 3.8) is 0 Å². The molecule has 1 aromatic carbocycles. The summed E-state index contributed by atoms with van der Waals surface area (Å²) in [5.41, 5.74) is 1.69. The summed E-state index contributed by atoms with van der Waals surface area (Å²) in [5.74, 6) is -0.380. The molecule has 2 rings (SSSR count). The van der Waals surface area contributed by atoms with E-state index in [1.807, 2.05) is 34.6 Å². The minimum absolute atomic E-state index is 0.380. The summed E-state index contributed by atoms with van der Waals surface area (Å²) < 4.78 is 10.6. The molecule has 1 unspecified atom stereocenters. The molecule has 1 aliphatic heterocycles. The molecule has 0 spiro atoms. The quantitative estimate of drug-likeness (QED) is 0.781. The van der Waals surface area contributed by atoms with Crippen molar-refractivity contribution in [1.29, 1.82) is 0 Å². The van der Waals surface area contributed by atoms with Crippen LogP contribution in [0.1, 0.15) is 50.3 Å². The Balaban J connectivity index is 2.39. The standard InChI is InChI=1S/C20H29NO4/c1-14-10-15(2)12-16(11-14)13-20(17(22)24-6)8-7-9-21(20)18(23)25-19(3,4)5/h10-12H,7-9,13H2,1-6H3. The topological polar surface area (TPSA) is 55.8 Å². The van der Waals surface area contributed by atoms with Gasteiger partial charge in [-0.25, -0.2) is 9.59 Å². The molecular weight excluding hydrogens is 318 g/mol. The fourth-order valence-corrected chi connectivity index (χ4v) is 3.63. The third kappa shape index (κ3) is 4.33. The van der Waals surface area contributed by atoms with Gasteiger partial charge in [-0.3, -0.25) is 4.90 Å². The van der Waals surface area contributed by atoms with Crippen molar-refractivity contribution in [3.8, 4) is 0 Å². The molecule has 5 nitrogen and oxygen atoms in total. The molecule has 0 saturated carbocycles. The third-order valence-corrected chi connectivity index (χ3v) is 4.45. The van der Waals surface area contributed by atoms with E-state index in [1.54, 1.807) is 4.90 Å². The number of ether oxygens (including phenoxy) is 2. The highest BCUT2D eigenvalue weighted by molar-refractivity contribution is 5.87. The first kappa shape index (κ1) is 19.3. The number of hydrogen-bond donors (Lipinski definition) is 0. The van der Waals surface area contributed by atoms with Crippen molar-refractivity contribution >= 4 is 12.1 Å². The Labute approximate surface area is 150 Å². The van der Waals surface area contributed by atoms with Crippen LogP contribution < -0.4 is 0 Å². The van der Waals surface area contributed by atoms with Gasteiger partial charge in [0.25, 0.3) is 0 Å². The molecule has 1 aliphatic rings. The minimum Gasteiger partial charge on any atom is -0.467 e. The lowest BCUT2D eigenvalue weighted by Crippen LogP contribution is -2.56. The SMILES string of the molecule is COC(=O)C1(Cc2cc(C)cc(C)c2)CCCN1C(=O)OC(C)(C)C. The molecule has 1 aromatic rings. The van der Waals surface area contributed by atoms with Crippen LogP contribution in [-0.2, 0) is 20.7 Å². The van der Waals surface area contributed by atoms with E-state index in [-0.39, 0.29) is 5.97 Å². The monoisotopic (exact) mass is 347 g/mol. The number of hydrogen-bond acceptors (Lipinski definition) is 4. The van der Waals surface area contributed by atoms with E-state index in [0.717, 1.165) is 23.1 Å². The molecule has 0 aromatic heterocycles. The predicted octanol–water partition coefficient (Wildman–Crippen LogP) is 3.79. The fraction of sp³-hybridized carbons (Fsp3) is 0.600. The summed E-state index contributed by atoms with van der Waals surface area (Å²) in [7, 11) is 1.37. The van der Waals surface area contributed by atoms with Gasteiger partial charge in [-0.1, -0.05) is 29.3 Å². The van der Waals surface area contributed by atoms with Crippen LogP contribution in [-0.4, -0.2) is 41.8 Å². The summed E-state index contributed by atoms with van der Waals surface area (Å²) in [4.78, 5) is 27.0. The molecule has 1 saturated heterocycles. The second-order valence-corrected chi connectivity index (χ2v) is 7.93. The fourth-order valence-electron chi connectivity index (χ4n) is 3.63. The molecule has 138 valence electrons. The minimum atomic E-state index is -1.00. The van der Waals surface area contributed by atoms with E-state index in [2.05, 4.69) is 18.2 Å². The third-order valence-electron chi connectivity index (χ3n) is 4.45. The maximum atomic E-state index is 12.7. The highest BCUT2D eigenvalue weighted by Crippen LogP contribution is 2.35. The lowest BCUT2D eigenvalue weighted by atomic mass is 9.87. The van der Waals surface area contributed by atoms with Crippen LogP contribution in [0.2, 0.25) is 0 Å². The Bertz CT molecular complexity index is 642. The van der Waals surface area contributed by atoms with Crippen LogP contribution in [0.4, 0.5) is 4.79 Å². The van der Waals surface area contributed by atoms with Crippen molar-refractivity contribution < 1.29 is 19.1 Å². The summed E-state index contributed by atoms with van der Waals surface area (Å²) >= 11 is 0. The number of esters is 1. The summed E-state index contributed by atoms with van der Waals surface area (Å²) in [5, 5.41) is 0. The maximum Gasteiger partial charge on any atom is 0.411 e. The van der Waals surface area contributed by atoms with Crippen molar-refractivity contribution in [1.82, 2.24) is 4.90 Å². The largest absolute Gasteiger partial charge is 0.467 e. The predicted molar refractivity (Wildman–Crippen MR) is 96.5 cm³/mol. The first-order chi connectivity index (χ1) is 11.6. The van der Waals surface area contributed by atoms with Crippen LogP contribution in [0.5, 0.6) is 0 Å². The van der Waals surface area contributed by atoms with Gasteiger partial charge in [-0.05, 0) is 53.0 Å². The van der Waals surface area contributed by atoms with Crippen molar-refractivity contribution in [2.75, 3.05) is 13.7 Å². The Morgan fingerprint density at radius 1 is 1.16 bits per heavy atom. The van der Waals surface area contributed by atoms with Gasteiger partial charge in [0.15, 0.2) is 0 Å². The Morgan fingerprint density at radius 2 is 1.76 bits per heavy atom. The highest BCUT2D eigenvalue weighted by atomic mass is 16.6. The van der Waals surface area contributed by atoms with Gasteiger partial charge >= 0.3 is 12.1 Å². The zero-order chi connectivity index (χ0) is 18.8. The van der Waals surface area contributed by atoms with Gasteiger partial charge in [0.2, 0.25) is 0 Å². The number of aryl methyl sites for hydroxylation is 2. The summed E-state index contributed by atoms with van der Waals surface area (Å²) in [6.07, 6.45) is 1.30. The molecule has 0 radical (unpaired) electrons. The van der Waals surface area contributed by atoms with E-state index in [9.17, 15) is 9.59 Å². The van der Waals surface area contributed by atoms with Gasteiger partial charge in [0, 0.05) is 13.0 Å². The highest BCUT2D eigenvalue weighted by Gasteiger charge is 2.52. The normalized spacial score (nSPS) is 20.5. The molecule has 1 amide bonds. The van der Waals surface area contributed by atoms with E-state index in [4.69, 9.17) is 9.47 Å². The molecule has 0 bridgehead atoms. The number of likely N-dealkylation sites (tertiary alicyclic amines) is 1. The number of nitrogens with zero attached hydrogens (tertiary/aromatic N) is 1. The molecule has 0 aliphatic carbocycles. The van der Waals surface area contributed by atoms with Gasteiger partial charge in [-0.2, -0.15) is 0 Å². The number of benzene rings is 1. The Kier molecular flexibility index (Phi) is 5.45.